The number of ether oxygens (including phenoxy) is 3. The zero-order chi connectivity index (χ0) is 23.9. The Morgan fingerprint density at radius 3 is 0.944 bits per heavy atom. The van der Waals surface area contributed by atoms with Crippen LogP contribution >= 0.6 is 0 Å². The zero-order valence-electron chi connectivity index (χ0n) is 20.4. The van der Waals surface area contributed by atoms with E-state index in [-0.39, 0.29) is 18.3 Å². The van der Waals surface area contributed by atoms with Gasteiger partial charge in [-0.15, -0.1) is 0 Å². The van der Waals surface area contributed by atoms with E-state index in [2.05, 4.69) is 91.0 Å². The van der Waals surface area contributed by atoms with Gasteiger partial charge in [-0.1, -0.05) is 91.0 Å². The van der Waals surface area contributed by atoms with Crippen LogP contribution in [0, 0.1) is 0 Å². The Hall–Kier alpha value is -3.72. The molecule has 0 saturated carbocycles. The van der Waals surface area contributed by atoms with Crippen molar-refractivity contribution in [3.8, 4) is 17.2 Å². The molecule has 0 saturated heterocycles. The van der Waals surface area contributed by atoms with Gasteiger partial charge >= 0.3 is 0 Å². The van der Waals surface area contributed by atoms with Gasteiger partial charge in [-0.05, 0) is 55.2 Å². The Labute approximate surface area is 212 Å². The topological polar surface area (TPSA) is 27.7 Å². The number of rotatable bonds is 3. The van der Waals surface area contributed by atoms with Gasteiger partial charge < -0.3 is 14.2 Å². The summed E-state index contributed by atoms with van der Waals surface area (Å²) in [5.74, 6) is 3.01. The SMILES string of the molecule is c1ccc(C2CCc3c(c4c(c5c3OC(c3ccccc3)CC5)OC(c3ccccc3)CC4)O2)cc1. The smallest absolute Gasteiger partial charge is 0.134 e. The van der Waals surface area contributed by atoms with Gasteiger partial charge in [0.15, 0.2) is 0 Å². The van der Waals surface area contributed by atoms with Crippen molar-refractivity contribution >= 4 is 0 Å². The van der Waals surface area contributed by atoms with Crippen LogP contribution in [0.5, 0.6) is 17.2 Å². The molecule has 3 heteroatoms. The maximum atomic E-state index is 6.80. The minimum atomic E-state index is 0.0567. The second-order valence-electron chi connectivity index (χ2n) is 10.1. The zero-order valence-corrected chi connectivity index (χ0v) is 20.4. The lowest BCUT2D eigenvalue weighted by atomic mass is 9.85. The lowest BCUT2D eigenvalue weighted by Crippen LogP contribution is -2.25. The van der Waals surface area contributed by atoms with E-state index in [1.807, 2.05) is 0 Å². The standard InChI is InChI=1S/C33H30O3/c1-4-10-22(11-5-1)28-19-16-25-31(34-28)26-17-20-29(23-12-6-2-7-13-23)36-33(26)27-18-21-30(35-32(25)27)24-14-8-3-9-15-24/h1-15,28-30H,16-21H2. The average Bonchev–Trinajstić information content (AvgIpc) is 2.98. The van der Waals surface area contributed by atoms with Crippen LogP contribution in [0.25, 0.3) is 0 Å². The molecule has 180 valence electrons. The van der Waals surface area contributed by atoms with E-state index in [1.165, 1.54) is 33.4 Å². The molecule has 3 aliphatic rings. The summed E-state index contributed by atoms with van der Waals surface area (Å²) in [5.41, 5.74) is 7.40. The molecule has 3 heterocycles. The van der Waals surface area contributed by atoms with E-state index in [4.69, 9.17) is 14.2 Å². The van der Waals surface area contributed by atoms with Crippen molar-refractivity contribution in [2.75, 3.05) is 0 Å². The van der Waals surface area contributed by atoms with Gasteiger partial charge in [0.25, 0.3) is 0 Å². The van der Waals surface area contributed by atoms with Gasteiger partial charge in [0.1, 0.15) is 35.6 Å². The summed E-state index contributed by atoms with van der Waals surface area (Å²) < 4.78 is 20.4. The van der Waals surface area contributed by atoms with Gasteiger partial charge in [-0.3, -0.25) is 0 Å². The molecule has 0 aliphatic carbocycles. The lowest BCUT2D eigenvalue weighted by Gasteiger charge is -2.38. The van der Waals surface area contributed by atoms with Crippen LogP contribution in [-0.2, 0) is 19.3 Å². The Bertz CT molecular complexity index is 1170. The molecule has 0 fully saturated rings. The minimum absolute atomic E-state index is 0.0567. The molecule has 0 radical (unpaired) electrons. The molecule has 3 atom stereocenters. The fourth-order valence-electron chi connectivity index (χ4n) is 6.10. The van der Waals surface area contributed by atoms with Crippen molar-refractivity contribution < 1.29 is 14.2 Å². The maximum Gasteiger partial charge on any atom is 0.134 e. The summed E-state index contributed by atoms with van der Waals surface area (Å²) in [4.78, 5) is 0. The molecule has 3 nitrogen and oxygen atoms in total. The minimum Gasteiger partial charge on any atom is -0.485 e. The van der Waals surface area contributed by atoms with Crippen LogP contribution in [0.3, 0.4) is 0 Å². The van der Waals surface area contributed by atoms with Crippen molar-refractivity contribution in [2.24, 2.45) is 0 Å². The van der Waals surface area contributed by atoms with Gasteiger partial charge in [-0.2, -0.15) is 0 Å². The average molecular weight is 475 g/mol. The fraction of sp³-hybridized carbons (Fsp3) is 0.273. The molecule has 7 rings (SSSR count). The van der Waals surface area contributed by atoms with Crippen molar-refractivity contribution in [3.63, 3.8) is 0 Å². The van der Waals surface area contributed by atoms with Crippen LogP contribution in [0.2, 0.25) is 0 Å². The van der Waals surface area contributed by atoms with E-state index >= 15 is 0 Å². The molecule has 3 unspecified atom stereocenters. The highest BCUT2D eigenvalue weighted by Gasteiger charge is 2.38. The van der Waals surface area contributed by atoms with E-state index in [0.29, 0.717) is 0 Å². The highest BCUT2D eigenvalue weighted by atomic mass is 16.5. The quantitative estimate of drug-likeness (QED) is 0.302. The monoisotopic (exact) mass is 474 g/mol. The first-order chi connectivity index (χ1) is 17.8. The third-order valence-electron chi connectivity index (χ3n) is 7.91. The molecule has 0 spiro atoms. The third kappa shape index (κ3) is 3.74. The van der Waals surface area contributed by atoms with Crippen LogP contribution in [-0.4, -0.2) is 0 Å². The number of fused-ring (bicyclic) bond motifs is 6. The second-order valence-corrected chi connectivity index (χ2v) is 10.1. The van der Waals surface area contributed by atoms with E-state index in [0.717, 1.165) is 55.8 Å². The number of benzene rings is 4. The predicted octanol–water partition coefficient (Wildman–Crippen LogP) is 7.89. The molecule has 4 aromatic rings. The van der Waals surface area contributed by atoms with E-state index in [1.54, 1.807) is 0 Å². The largest absolute Gasteiger partial charge is 0.485 e. The molecule has 0 N–H and O–H groups in total. The first-order valence-electron chi connectivity index (χ1n) is 13.2. The van der Waals surface area contributed by atoms with Crippen LogP contribution in [0.4, 0.5) is 0 Å². The highest BCUT2D eigenvalue weighted by Crippen LogP contribution is 2.55. The van der Waals surface area contributed by atoms with Gasteiger partial charge in [0, 0.05) is 16.7 Å². The summed E-state index contributed by atoms with van der Waals surface area (Å²) in [6.07, 6.45) is 5.89. The Morgan fingerprint density at radius 1 is 0.389 bits per heavy atom. The fourth-order valence-corrected chi connectivity index (χ4v) is 6.10. The first-order valence-corrected chi connectivity index (χ1v) is 13.2. The van der Waals surface area contributed by atoms with Gasteiger partial charge in [0.2, 0.25) is 0 Å². The van der Waals surface area contributed by atoms with Gasteiger partial charge in [-0.25, -0.2) is 0 Å². The Morgan fingerprint density at radius 2 is 0.667 bits per heavy atom. The normalized spacial score (nSPS) is 22.2. The maximum absolute atomic E-state index is 6.80. The van der Waals surface area contributed by atoms with E-state index in [9.17, 15) is 0 Å². The van der Waals surface area contributed by atoms with Crippen molar-refractivity contribution in [3.05, 3.63) is 124 Å². The van der Waals surface area contributed by atoms with E-state index < -0.39 is 0 Å². The summed E-state index contributed by atoms with van der Waals surface area (Å²) in [5, 5.41) is 0. The summed E-state index contributed by atoms with van der Waals surface area (Å²) in [6.45, 7) is 0. The first kappa shape index (κ1) is 21.6. The van der Waals surface area contributed by atoms with Crippen LogP contribution in [0.15, 0.2) is 91.0 Å². The third-order valence-corrected chi connectivity index (χ3v) is 7.91. The molecule has 4 aromatic carbocycles. The van der Waals surface area contributed by atoms with Crippen LogP contribution < -0.4 is 14.2 Å². The number of hydrogen-bond acceptors (Lipinski definition) is 3. The predicted molar refractivity (Wildman–Crippen MR) is 141 cm³/mol. The van der Waals surface area contributed by atoms with Gasteiger partial charge in [0.05, 0.1) is 0 Å². The Kier molecular flexibility index (Phi) is 5.42. The second kappa shape index (κ2) is 9.05. The molecule has 0 bridgehead atoms. The summed E-state index contributed by atoms with van der Waals surface area (Å²) >= 11 is 0. The molecule has 3 aliphatic heterocycles. The molecule has 0 aromatic heterocycles. The lowest BCUT2D eigenvalue weighted by molar-refractivity contribution is 0.132. The Balaban J connectivity index is 1.32. The van der Waals surface area contributed by atoms with Crippen molar-refractivity contribution in [2.45, 2.75) is 56.8 Å². The highest BCUT2D eigenvalue weighted by molar-refractivity contribution is 5.65. The summed E-state index contributed by atoms with van der Waals surface area (Å²) in [6, 6.07) is 31.8. The molecular weight excluding hydrogens is 444 g/mol. The van der Waals surface area contributed by atoms with Crippen molar-refractivity contribution in [1.29, 1.82) is 0 Å². The summed E-state index contributed by atoms with van der Waals surface area (Å²) in [7, 11) is 0. The molecule has 0 amide bonds. The van der Waals surface area contributed by atoms with Crippen molar-refractivity contribution in [1.82, 2.24) is 0 Å². The molecular formula is C33H30O3. The molecule has 36 heavy (non-hydrogen) atoms. The van der Waals surface area contributed by atoms with Crippen LogP contribution in [0.1, 0.15) is 71.0 Å². The number of hydrogen-bond donors (Lipinski definition) is 0.